The van der Waals surface area contributed by atoms with E-state index in [4.69, 9.17) is 5.11 Å². The molecule has 1 aromatic heterocycles. The molecule has 2 heterocycles. The first-order valence-corrected chi connectivity index (χ1v) is 5.21. The second-order valence-corrected chi connectivity index (χ2v) is 4.10. The van der Waals surface area contributed by atoms with Gasteiger partial charge < -0.3 is 9.67 Å². The Hall–Kier alpha value is -2.03. The lowest BCUT2D eigenvalue weighted by molar-refractivity contribution is 0.0696. The minimum atomic E-state index is -0.850. The number of aromatic nitrogens is 1. The number of para-hydroxylation sites is 1. The van der Waals surface area contributed by atoms with Crippen molar-refractivity contribution >= 4 is 5.97 Å². The van der Waals surface area contributed by atoms with E-state index >= 15 is 0 Å². The monoisotopic (exact) mass is 213 g/mol. The zero-order chi connectivity index (χ0) is 11.3. The number of carboxylic acids is 1. The first-order chi connectivity index (χ1) is 7.68. The largest absolute Gasteiger partial charge is 0.478 e. The molecule has 0 atom stereocenters. The lowest BCUT2D eigenvalue weighted by Gasteiger charge is -2.00. The molecular formula is C13H11NO2. The summed E-state index contributed by atoms with van der Waals surface area (Å²) in [5, 5.41) is 9.06. The number of nitrogens with zero attached hydrogens (tertiary/aromatic N) is 1. The predicted molar refractivity (Wildman–Crippen MR) is 60.3 cm³/mol. The third kappa shape index (κ3) is 1.05. The SMILES string of the molecule is Cc1c(C(=O)O)cn2c1Cc1ccccc1-2. The van der Waals surface area contributed by atoms with E-state index in [0.717, 1.165) is 23.4 Å². The highest BCUT2D eigenvalue weighted by Gasteiger charge is 2.24. The van der Waals surface area contributed by atoms with Crippen LogP contribution in [0.15, 0.2) is 30.5 Å². The maximum Gasteiger partial charge on any atom is 0.337 e. The van der Waals surface area contributed by atoms with Crippen LogP contribution in [-0.4, -0.2) is 15.6 Å². The van der Waals surface area contributed by atoms with Gasteiger partial charge in [-0.3, -0.25) is 0 Å². The second-order valence-electron chi connectivity index (χ2n) is 4.10. The van der Waals surface area contributed by atoms with Gasteiger partial charge in [-0.25, -0.2) is 4.79 Å². The maximum atomic E-state index is 11.0. The van der Waals surface area contributed by atoms with Crippen LogP contribution in [0, 0.1) is 6.92 Å². The Bertz CT molecular complexity index is 596. The zero-order valence-corrected chi connectivity index (χ0v) is 8.90. The fourth-order valence-electron chi connectivity index (χ4n) is 2.36. The van der Waals surface area contributed by atoms with Gasteiger partial charge in [0.15, 0.2) is 0 Å². The van der Waals surface area contributed by atoms with Crippen molar-refractivity contribution in [2.45, 2.75) is 13.3 Å². The van der Waals surface area contributed by atoms with E-state index in [2.05, 4.69) is 6.07 Å². The van der Waals surface area contributed by atoms with E-state index in [1.54, 1.807) is 6.20 Å². The fraction of sp³-hybridized carbons (Fsp3) is 0.154. The van der Waals surface area contributed by atoms with Gasteiger partial charge in [0.2, 0.25) is 0 Å². The molecule has 0 saturated heterocycles. The molecule has 0 aliphatic carbocycles. The number of benzene rings is 1. The minimum Gasteiger partial charge on any atom is -0.478 e. The zero-order valence-electron chi connectivity index (χ0n) is 8.90. The first kappa shape index (κ1) is 9.21. The third-order valence-corrected chi connectivity index (χ3v) is 3.23. The molecule has 2 aromatic rings. The minimum absolute atomic E-state index is 0.407. The van der Waals surface area contributed by atoms with Crippen molar-refractivity contribution in [3.8, 4) is 5.69 Å². The highest BCUT2D eigenvalue weighted by molar-refractivity contribution is 5.90. The first-order valence-electron chi connectivity index (χ1n) is 5.21. The molecule has 0 amide bonds. The number of rotatable bonds is 1. The van der Waals surface area contributed by atoms with Crippen LogP contribution in [0.1, 0.15) is 27.2 Å². The molecule has 1 aromatic carbocycles. The third-order valence-electron chi connectivity index (χ3n) is 3.23. The van der Waals surface area contributed by atoms with Crippen LogP contribution in [0.3, 0.4) is 0 Å². The Morgan fingerprint density at radius 3 is 2.88 bits per heavy atom. The van der Waals surface area contributed by atoms with Crippen molar-refractivity contribution in [2.75, 3.05) is 0 Å². The van der Waals surface area contributed by atoms with Gasteiger partial charge in [-0.2, -0.15) is 0 Å². The quantitative estimate of drug-likeness (QED) is 0.674. The van der Waals surface area contributed by atoms with Gasteiger partial charge in [-0.15, -0.1) is 0 Å². The van der Waals surface area contributed by atoms with Crippen molar-refractivity contribution in [2.24, 2.45) is 0 Å². The van der Waals surface area contributed by atoms with Crippen molar-refractivity contribution in [1.29, 1.82) is 0 Å². The van der Waals surface area contributed by atoms with Gasteiger partial charge in [0.25, 0.3) is 0 Å². The summed E-state index contributed by atoms with van der Waals surface area (Å²) in [7, 11) is 0. The predicted octanol–water partition coefficient (Wildman–Crippen LogP) is 2.39. The van der Waals surface area contributed by atoms with Gasteiger partial charge in [0.05, 0.1) is 5.56 Å². The molecule has 0 saturated carbocycles. The van der Waals surface area contributed by atoms with Crippen LogP contribution in [0.25, 0.3) is 5.69 Å². The van der Waals surface area contributed by atoms with E-state index < -0.39 is 5.97 Å². The molecule has 0 unspecified atom stereocenters. The standard InChI is InChI=1S/C13H11NO2/c1-8-10(13(15)16)7-14-11-5-3-2-4-9(11)6-12(8)14/h2-5,7H,6H2,1H3,(H,15,16). The van der Waals surface area contributed by atoms with Gasteiger partial charge in [-0.05, 0) is 24.1 Å². The summed E-state index contributed by atoms with van der Waals surface area (Å²) in [5.41, 5.74) is 4.75. The van der Waals surface area contributed by atoms with E-state index in [-0.39, 0.29) is 0 Å². The summed E-state index contributed by atoms with van der Waals surface area (Å²) in [4.78, 5) is 11.0. The topological polar surface area (TPSA) is 42.2 Å². The summed E-state index contributed by atoms with van der Waals surface area (Å²) in [6, 6.07) is 8.10. The number of aromatic carboxylic acids is 1. The van der Waals surface area contributed by atoms with E-state index in [1.165, 1.54) is 5.56 Å². The van der Waals surface area contributed by atoms with E-state index in [9.17, 15) is 4.79 Å². The van der Waals surface area contributed by atoms with Crippen LogP contribution in [-0.2, 0) is 6.42 Å². The lowest BCUT2D eigenvalue weighted by atomic mass is 10.1. The van der Waals surface area contributed by atoms with Gasteiger partial charge in [0.1, 0.15) is 0 Å². The summed E-state index contributed by atoms with van der Waals surface area (Å²) in [6.45, 7) is 1.88. The molecule has 80 valence electrons. The van der Waals surface area contributed by atoms with Crippen LogP contribution in [0.4, 0.5) is 0 Å². The molecule has 3 heteroatoms. The van der Waals surface area contributed by atoms with Crippen molar-refractivity contribution in [3.05, 3.63) is 52.8 Å². The Balaban J connectivity index is 2.25. The summed E-state index contributed by atoms with van der Waals surface area (Å²) < 4.78 is 1.99. The number of fused-ring (bicyclic) bond motifs is 3. The Kier molecular flexibility index (Phi) is 1.72. The normalized spacial score (nSPS) is 12.3. The van der Waals surface area contributed by atoms with E-state index in [0.29, 0.717) is 5.56 Å². The van der Waals surface area contributed by atoms with Crippen molar-refractivity contribution in [1.82, 2.24) is 4.57 Å². The van der Waals surface area contributed by atoms with Crippen LogP contribution >= 0.6 is 0 Å². The summed E-state index contributed by atoms with van der Waals surface area (Å²) in [5.74, 6) is -0.850. The molecule has 0 bridgehead atoms. The Morgan fingerprint density at radius 2 is 2.12 bits per heavy atom. The van der Waals surface area contributed by atoms with Crippen LogP contribution < -0.4 is 0 Å². The highest BCUT2D eigenvalue weighted by atomic mass is 16.4. The molecular weight excluding hydrogens is 202 g/mol. The van der Waals surface area contributed by atoms with Gasteiger partial charge >= 0.3 is 5.97 Å². The average Bonchev–Trinajstić information content (AvgIpc) is 2.76. The number of hydrogen-bond donors (Lipinski definition) is 1. The lowest BCUT2D eigenvalue weighted by Crippen LogP contribution is -1.97. The molecule has 3 rings (SSSR count). The van der Waals surface area contributed by atoms with Gasteiger partial charge in [-0.1, -0.05) is 18.2 Å². The summed E-state index contributed by atoms with van der Waals surface area (Å²) >= 11 is 0. The van der Waals surface area contributed by atoms with Crippen LogP contribution in [0.5, 0.6) is 0 Å². The molecule has 0 fully saturated rings. The maximum absolute atomic E-state index is 11.0. The number of carboxylic acid groups (broad SMARTS) is 1. The van der Waals surface area contributed by atoms with Crippen molar-refractivity contribution < 1.29 is 9.90 Å². The second kappa shape index (κ2) is 2.98. The van der Waals surface area contributed by atoms with Crippen LogP contribution in [0.2, 0.25) is 0 Å². The van der Waals surface area contributed by atoms with E-state index in [1.807, 2.05) is 29.7 Å². The number of hydrogen-bond acceptors (Lipinski definition) is 1. The Labute approximate surface area is 93.0 Å². The summed E-state index contributed by atoms with van der Waals surface area (Å²) in [6.07, 6.45) is 2.55. The molecule has 1 aliphatic rings. The average molecular weight is 213 g/mol. The molecule has 3 nitrogen and oxygen atoms in total. The molecule has 16 heavy (non-hydrogen) atoms. The molecule has 0 radical (unpaired) electrons. The molecule has 0 spiro atoms. The van der Waals surface area contributed by atoms with Gasteiger partial charge in [0, 0.05) is 24.0 Å². The fourth-order valence-corrected chi connectivity index (χ4v) is 2.36. The number of carbonyl (C=O) groups is 1. The van der Waals surface area contributed by atoms with Crippen molar-refractivity contribution in [3.63, 3.8) is 0 Å². The molecule has 1 aliphatic heterocycles. The highest BCUT2D eigenvalue weighted by Crippen LogP contribution is 2.32. The molecule has 1 N–H and O–H groups in total. The Morgan fingerprint density at radius 1 is 1.38 bits per heavy atom. The smallest absolute Gasteiger partial charge is 0.337 e.